The van der Waals surface area contributed by atoms with Crippen molar-refractivity contribution in [3.05, 3.63) is 47.4 Å². The summed E-state index contributed by atoms with van der Waals surface area (Å²) in [6.45, 7) is 0. The number of para-hydroxylation sites is 1. The number of nitrogens with zero attached hydrogens (tertiary/aromatic N) is 3. The number of halogens is 3. The summed E-state index contributed by atoms with van der Waals surface area (Å²) < 4.78 is 46.3. The second-order valence-corrected chi connectivity index (χ2v) is 4.29. The van der Waals surface area contributed by atoms with Crippen LogP contribution in [-0.2, 0) is 0 Å². The average molecular weight is 293 g/mol. The first-order chi connectivity index (χ1) is 9.95. The highest BCUT2D eigenvalue weighted by atomic mass is 19.2. The van der Waals surface area contributed by atoms with Gasteiger partial charge >= 0.3 is 0 Å². The molecule has 0 saturated carbocycles. The van der Waals surface area contributed by atoms with Crippen molar-refractivity contribution in [2.24, 2.45) is 0 Å². The van der Waals surface area contributed by atoms with E-state index in [1.807, 2.05) is 6.07 Å². The summed E-state index contributed by atoms with van der Waals surface area (Å²) >= 11 is 0. The van der Waals surface area contributed by atoms with Gasteiger partial charge < -0.3 is 9.64 Å². The Morgan fingerprint density at radius 3 is 2.43 bits per heavy atom. The van der Waals surface area contributed by atoms with Crippen LogP contribution in [0.3, 0.4) is 0 Å². The molecule has 2 rings (SSSR count). The summed E-state index contributed by atoms with van der Waals surface area (Å²) in [6.07, 6.45) is 0. The zero-order valence-electron chi connectivity index (χ0n) is 11.2. The standard InChI is InChI=1S/C14H10F3N3O/c1-20(2)12-10(15)13(17)19-14(11(12)16)21-9-6-4-3-5-8(9)7-18/h3-6H,1-2H3. The van der Waals surface area contributed by atoms with E-state index in [-0.39, 0.29) is 11.3 Å². The van der Waals surface area contributed by atoms with Crippen molar-refractivity contribution in [3.63, 3.8) is 0 Å². The number of aromatic nitrogens is 1. The Kier molecular flexibility index (Phi) is 3.98. The summed E-state index contributed by atoms with van der Waals surface area (Å²) in [7, 11) is 2.71. The van der Waals surface area contributed by atoms with Gasteiger partial charge in [0.1, 0.15) is 17.5 Å². The monoisotopic (exact) mass is 293 g/mol. The summed E-state index contributed by atoms with van der Waals surface area (Å²) in [5.74, 6) is -4.77. The summed E-state index contributed by atoms with van der Waals surface area (Å²) in [4.78, 5) is 4.18. The maximum absolute atomic E-state index is 14.2. The Morgan fingerprint density at radius 1 is 1.14 bits per heavy atom. The lowest BCUT2D eigenvalue weighted by Crippen LogP contribution is -2.15. The first kappa shape index (κ1) is 14.7. The van der Waals surface area contributed by atoms with Crippen molar-refractivity contribution in [2.45, 2.75) is 0 Å². The van der Waals surface area contributed by atoms with Crippen LogP contribution < -0.4 is 9.64 Å². The largest absolute Gasteiger partial charge is 0.435 e. The molecular weight excluding hydrogens is 283 g/mol. The lowest BCUT2D eigenvalue weighted by molar-refractivity contribution is 0.387. The van der Waals surface area contributed by atoms with Crippen LogP contribution in [0.15, 0.2) is 24.3 Å². The van der Waals surface area contributed by atoms with Gasteiger partial charge in [-0.1, -0.05) is 12.1 Å². The molecule has 0 aliphatic rings. The molecule has 0 spiro atoms. The molecule has 2 aromatic rings. The number of nitriles is 1. The molecule has 0 saturated heterocycles. The summed E-state index contributed by atoms with van der Waals surface area (Å²) in [6, 6.07) is 7.83. The Morgan fingerprint density at radius 2 is 1.81 bits per heavy atom. The van der Waals surface area contributed by atoms with Crippen LogP contribution in [0.25, 0.3) is 0 Å². The molecule has 0 aliphatic heterocycles. The minimum Gasteiger partial charge on any atom is -0.435 e. The molecule has 0 fully saturated rings. The maximum Gasteiger partial charge on any atom is 0.261 e. The van der Waals surface area contributed by atoms with Crippen molar-refractivity contribution in [1.29, 1.82) is 5.26 Å². The normalized spacial score (nSPS) is 10.1. The molecule has 1 heterocycles. The Bertz CT molecular complexity index is 726. The fourth-order valence-corrected chi connectivity index (χ4v) is 1.70. The van der Waals surface area contributed by atoms with E-state index in [1.165, 1.54) is 26.2 Å². The Balaban J connectivity index is 2.53. The van der Waals surface area contributed by atoms with E-state index in [4.69, 9.17) is 10.00 Å². The van der Waals surface area contributed by atoms with Gasteiger partial charge in [-0.15, -0.1) is 0 Å². The van der Waals surface area contributed by atoms with E-state index in [0.29, 0.717) is 0 Å². The van der Waals surface area contributed by atoms with Gasteiger partial charge in [0.2, 0.25) is 11.6 Å². The van der Waals surface area contributed by atoms with Crippen molar-refractivity contribution < 1.29 is 17.9 Å². The van der Waals surface area contributed by atoms with E-state index >= 15 is 0 Å². The first-order valence-corrected chi connectivity index (χ1v) is 5.84. The molecule has 0 unspecified atom stereocenters. The molecule has 4 nitrogen and oxygen atoms in total. The smallest absolute Gasteiger partial charge is 0.261 e. The molecule has 0 bridgehead atoms. The third kappa shape index (κ3) is 2.74. The van der Waals surface area contributed by atoms with E-state index in [1.54, 1.807) is 12.1 Å². The molecular formula is C14H10F3N3O. The van der Waals surface area contributed by atoms with Gasteiger partial charge in [-0.25, -0.2) is 0 Å². The number of pyridine rings is 1. The van der Waals surface area contributed by atoms with E-state index in [2.05, 4.69) is 4.98 Å². The zero-order chi connectivity index (χ0) is 15.6. The molecule has 1 aromatic carbocycles. The SMILES string of the molecule is CN(C)c1c(F)c(F)nc(Oc2ccccc2C#N)c1F. The first-order valence-electron chi connectivity index (χ1n) is 5.84. The van der Waals surface area contributed by atoms with Gasteiger partial charge in [-0.3, -0.25) is 0 Å². The van der Waals surface area contributed by atoms with Gasteiger partial charge in [0.25, 0.3) is 11.8 Å². The third-order valence-corrected chi connectivity index (χ3v) is 2.65. The highest BCUT2D eigenvalue weighted by Gasteiger charge is 2.23. The molecule has 21 heavy (non-hydrogen) atoms. The molecule has 0 amide bonds. The van der Waals surface area contributed by atoms with Gasteiger partial charge in [0.15, 0.2) is 0 Å². The Labute approximate surface area is 119 Å². The highest BCUT2D eigenvalue weighted by Crippen LogP contribution is 2.32. The van der Waals surface area contributed by atoms with Crippen LogP contribution >= 0.6 is 0 Å². The number of hydrogen-bond acceptors (Lipinski definition) is 4. The number of hydrogen-bond donors (Lipinski definition) is 0. The van der Waals surface area contributed by atoms with Crippen LogP contribution in [0.1, 0.15) is 5.56 Å². The van der Waals surface area contributed by atoms with E-state index in [9.17, 15) is 13.2 Å². The molecule has 0 N–H and O–H groups in total. The fourth-order valence-electron chi connectivity index (χ4n) is 1.70. The van der Waals surface area contributed by atoms with E-state index < -0.39 is 29.1 Å². The van der Waals surface area contributed by atoms with Gasteiger partial charge in [-0.05, 0) is 12.1 Å². The molecule has 1 aromatic heterocycles. The average Bonchev–Trinajstić information content (AvgIpc) is 2.45. The number of benzene rings is 1. The molecule has 0 atom stereocenters. The fraction of sp³-hybridized carbons (Fsp3) is 0.143. The van der Waals surface area contributed by atoms with Gasteiger partial charge in [0, 0.05) is 14.1 Å². The predicted molar refractivity (Wildman–Crippen MR) is 69.7 cm³/mol. The quantitative estimate of drug-likeness (QED) is 0.815. The minimum atomic E-state index is -1.48. The number of anilines is 1. The second kappa shape index (κ2) is 5.71. The van der Waals surface area contributed by atoms with Crippen LogP contribution in [0.5, 0.6) is 11.6 Å². The van der Waals surface area contributed by atoms with Gasteiger partial charge in [-0.2, -0.15) is 23.4 Å². The topological polar surface area (TPSA) is 49.2 Å². The van der Waals surface area contributed by atoms with Gasteiger partial charge in [0.05, 0.1) is 5.56 Å². The summed E-state index contributed by atoms with van der Waals surface area (Å²) in [5.41, 5.74) is -0.484. The van der Waals surface area contributed by atoms with Crippen molar-refractivity contribution in [1.82, 2.24) is 4.98 Å². The zero-order valence-corrected chi connectivity index (χ0v) is 11.2. The van der Waals surface area contributed by atoms with Crippen LogP contribution in [0, 0.1) is 28.9 Å². The molecule has 108 valence electrons. The van der Waals surface area contributed by atoms with Crippen LogP contribution in [0.4, 0.5) is 18.9 Å². The lowest BCUT2D eigenvalue weighted by atomic mass is 10.2. The molecule has 0 aliphatic carbocycles. The summed E-state index contributed by atoms with van der Waals surface area (Å²) in [5, 5.41) is 8.92. The number of rotatable bonds is 3. The third-order valence-electron chi connectivity index (χ3n) is 2.65. The molecule has 7 heteroatoms. The number of ether oxygens (including phenoxy) is 1. The van der Waals surface area contributed by atoms with Crippen molar-refractivity contribution in [3.8, 4) is 17.7 Å². The lowest BCUT2D eigenvalue weighted by Gasteiger charge is -2.16. The van der Waals surface area contributed by atoms with E-state index in [0.717, 1.165) is 4.90 Å². The van der Waals surface area contributed by atoms with Crippen LogP contribution in [-0.4, -0.2) is 19.1 Å². The van der Waals surface area contributed by atoms with Crippen molar-refractivity contribution >= 4 is 5.69 Å². The predicted octanol–water partition coefficient (Wildman–Crippen LogP) is 3.23. The maximum atomic E-state index is 14.2. The Hall–Kier alpha value is -2.75. The second-order valence-electron chi connectivity index (χ2n) is 4.29. The molecule has 0 radical (unpaired) electrons. The minimum absolute atomic E-state index is 0.00196. The van der Waals surface area contributed by atoms with Crippen molar-refractivity contribution in [2.75, 3.05) is 19.0 Å². The highest BCUT2D eigenvalue weighted by molar-refractivity contribution is 5.52. The van der Waals surface area contributed by atoms with Crippen LogP contribution in [0.2, 0.25) is 0 Å².